The zero-order chi connectivity index (χ0) is 16.2. The molecular weight excluding hydrogens is 310 g/mol. The average Bonchev–Trinajstić information content (AvgIpc) is 3.01. The van der Waals surface area contributed by atoms with Crippen LogP contribution in [0.15, 0.2) is 30.6 Å². The van der Waals surface area contributed by atoms with E-state index in [2.05, 4.69) is 15.2 Å². The zero-order valence-corrected chi connectivity index (χ0v) is 14.2. The monoisotopic (exact) mass is 331 g/mol. The number of aromatic nitrogens is 1. The molecule has 6 heteroatoms. The van der Waals surface area contributed by atoms with Crippen LogP contribution in [0.3, 0.4) is 0 Å². The molecule has 23 heavy (non-hydrogen) atoms. The third-order valence-electron chi connectivity index (χ3n) is 3.65. The van der Waals surface area contributed by atoms with Crippen molar-refractivity contribution < 1.29 is 9.53 Å². The number of carbonyl (C=O) groups excluding carboxylic acids is 1. The Morgan fingerprint density at radius 3 is 2.65 bits per heavy atom. The number of nitrogens with zero attached hydrogens (tertiary/aromatic N) is 2. The summed E-state index contributed by atoms with van der Waals surface area (Å²) in [5, 5.41) is 4.10. The van der Waals surface area contributed by atoms with Gasteiger partial charge in [-0.1, -0.05) is 0 Å². The minimum atomic E-state index is -0.0141. The summed E-state index contributed by atoms with van der Waals surface area (Å²) in [6.07, 6.45) is 3.56. The lowest BCUT2D eigenvalue weighted by Crippen LogP contribution is -2.35. The Bertz CT molecular complexity index is 664. The number of pyridine rings is 1. The maximum absolute atomic E-state index is 12.4. The summed E-state index contributed by atoms with van der Waals surface area (Å²) in [5.74, 6) is -0.0141. The van der Waals surface area contributed by atoms with Crippen LogP contribution in [0.2, 0.25) is 0 Å². The second-order valence-corrected chi connectivity index (χ2v) is 6.82. The van der Waals surface area contributed by atoms with Crippen LogP contribution in [-0.2, 0) is 4.74 Å². The molecule has 3 heterocycles. The van der Waals surface area contributed by atoms with Crippen LogP contribution in [0.25, 0.3) is 11.1 Å². The number of morpholine rings is 1. The fraction of sp³-hybridized carbons (Fsp3) is 0.412. The average molecular weight is 331 g/mol. The second-order valence-electron chi connectivity index (χ2n) is 5.79. The van der Waals surface area contributed by atoms with E-state index in [-0.39, 0.29) is 11.9 Å². The molecule has 2 aromatic rings. The van der Waals surface area contributed by atoms with Crippen molar-refractivity contribution in [3.05, 3.63) is 35.5 Å². The smallest absolute Gasteiger partial charge is 0.261 e. The van der Waals surface area contributed by atoms with Crippen LogP contribution in [0.5, 0.6) is 0 Å². The predicted octanol–water partition coefficient (Wildman–Crippen LogP) is 2.78. The van der Waals surface area contributed by atoms with Gasteiger partial charge in [-0.25, -0.2) is 0 Å². The highest BCUT2D eigenvalue weighted by Crippen LogP contribution is 2.39. The first-order chi connectivity index (χ1) is 11.1. The lowest BCUT2D eigenvalue weighted by atomic mass is 10.1. The highest BCUT2D eigenvalue weighted by Gasteiger charge is 2.22. The van der Waals surface area contributed by atoms with Crippen LogP contribution in [0.1, 0.15) is 23.5 Å². The molecule has 1 fully saturated rings. The van der Waals surface area contributed by atoms with Gasteiger partial charge in [0, 0.05) is 37.1 Å². The Kier molecular flexibility index (Phi) is 4.93. The van der Waals surface area contributed by atoms with Gasteiger partial charge in [0.25, 0.3) is 5.91 Å². The number of carbonyl (C=O) groups is 1. The fourth-order valence-electron chi connectivity index (χ4n) is 2.57. The standard InChI is InChI=1S/C17H21N3O2S/c1-12(2)19-16(21)15-11-14(13-3-5-18-6-4-13)17(23-15)20-7-9-22-10-8-20/h3-6,11-12H,7-10H2,1-2H3,(H,19,21). The van der Waals surface area contributed by atoms with Crippen LogP contribution >= 0.6 is 11.3 Å². The summed E-state index contributed by atoms with van der Waals surface area (Å²) in [6.45, 7) is 7.09. The summed E-state index contributed by atoms with van der Waals surface area (Å²) in [5.41, 5.74) is 2.18. The Labute approximate surface area is 140 Å². The fourth-order valence-corrected chi connectivity index (χ4v) is 3.70. The molecule has 0 saturated carbocycles. The van der Waals surface area contributed by atoms with Gasteiger partial charge in [-0.2, -0.15) is 0 Å². The number of ether oxygens (including phenoxy) is 1. The molecule has 1 saturated heterocycles. The van der Waals surface area contributed by atoms with Gasteiger partial charge >= 0.3 is 0 Å². The molecule has 0 unspecified atom stereocenters. The number of hydrogen-bond acceptors (Lipinski definition) is 5. The molecule has 1 N–H and O–H groups in total. The van der Waals surface area contributed by atoms with E-state index in [9.17, 15) is 4.79 Å². The van der Waals surface area contributed by atoms with Crippen molar-refractivity contribution in [2.45, 2.75) is 19.9 Å². The number of rotatable bonds is 4. The number of thiophene rings is 1. The van der Waals surface area contributed by atoms with Gasteiger partial charge in [0.15, 0.2) is 0 Å². The maximum atomic E-state index is 12.4. The molecule has 5 nitrogen and oxygen atoms in total. The van der Waals surface area contributed by atoms with E-state index >= 15 is 0 Å². The van der Waals surface area contributed by atoms with E-state index in [0.29, 0.717) is 0 Å². The van der Waals surface area contributed by atoms with Gasteiger partial charge in [-0.3, -0.25) is 9.78 Å². The Morgan fingerprint density at radius 1 is 1.30 bits per heavy atom. The second kappa shape index (κ2) is 7.10. The highest BCUT2D eigenvalue weighted by molar-refractivity contribution is 7.18. The van der Waals surface area contributed by atoms with Crippen molar-refractivity contribution in [1.82, 2.24) is 10.3 Å². The van der Waals surface area contributed by atoms with Gasteiger partial charge in [0.05, 0.1) is 23.1 Å². The molecule has 0 aromatic carbocycles. The third-order valence-corrected chi connectivity index (χ3v) is 4.84. The Morgan fingerprint density at radius 2 is 2.00 bits per heavy atom. The molecule has 0 aliphatic carbocycles. The number of anilines is 1. The summed E-state index contributed by atoms with van der Waals surface area (Å²) in [7, 11) is 0. The zero-order valence-electron chi connectivity index (χ0n) is 13.4. The van der Waals surface area contributed by atoms with Crippen molar-refractivity contribution in [3.8, 4) is 11.1 Å². The minimum absolute atomic E-state index is 0.0141. The van der Waals surface area contributed by atoms with E-state index in [0.717, 1.165) is 47.3 Å². The van der Waals surface area contributed by atoms with Crippen molar-refractivity contribution in [2.24, 2.45) is 0 Å². The lowest BCUT2D eigenvalue weighted by molar-refractivity contribution is 0.0947. The van der Waals surface area contributed by atoms with Crippen LogP contribution in [0.4, 0.5) is 5.00 Å². The van der Waals surface area contributed by atoms with Crippen molar-refractivity contribution in [2.75, 3.05) is 31.2 Å². The van der Waals surface area contributed by atoms with Crippen molar-refractivity contribution in [3.63, 3.8) is 0 Å². The number of nitrogens with one attached hydrogen (secondary N) is 1. The Balaban J connectivity index is 1.98. The van der Waals surface area contributed by atoms with Gasteiger partial charge in [-0.15, -0.1) is 11.3 Å². The predicted molar refractivity (Wildman–Crippen MR) is 93.2 cm³/mol. The van der Waals surface area contributed by atoms with E-state index in [1.165, 1.54) is 0 Å². The van der Waals surface area contributed by atoms with Crippen molar-refractivity contribution >= 4 is 22.2 Å². The largest absolute Gasteiger partial charge is 0.378 e. The Hall–Kier alpha value is -1.92. The molecule has 0 radical (unpaired) electrons. The van der Waals surface area contributed by atoms with Gasteiger partial charge < -0.3 is 15.0 Å². The highest BCUT2D eigenvalue weighted by atomic mass is 32.1. The maximum Gasteiger partial charge on any atom is 0.261 e. The first-order valence-electron chi connectivity index (χ1n) is 7.83. The molecule has 0 spiro atoms. The van der Waals surface area contributed by atoms with Crippen LogP contribution in [0, 0.1) is 0 Å². The topological polar surface area (TPSA) is 54.5 Å². The van der Waals surface area contributed by atoms with E-state index in [1.54, 1.807) is 23.7 Å². The summed E-state index contributed by atoms with van der Waals surface area (Å²) < 4.78 is 5.45. The normalized spacial score (nSPS) is 15.0. The first kappa shape index (κ1) is 16.0. The summed E-state index contributed by atoms with van der Waals surface area (Å²) >= 11 is 1.55. The van der Waals surface area contributed by atoms with Crippen LogP contribution in [-0.4, -0.2) is 43.2 Å². The van der Waals surface area contributed by atoms with E-state index < -0.39 is 0 Å². The van der Waals surface area contributed by atoms with Crippen LogP contribution < -0.4 is 10.2 Å². The molecule has 122 valence electrons. The quantitative estimate of drug-likeness (QED) is 0.936. The third kappa shape index (κ3) is 3.71. The molecular formula is C17H21N3O2S. The lowest BCUT2D eigenvalue weighted by Gasteiger charge is -2.28. The van der Waals surface area contributed by atoms with Gasteiger partial charge in [-0.05, 0) is 37.6 Å². The summed E-state index contributed by atoms with van der Waals surface area (Å²) in [6, 6.07) is 6.08. The molecule has 0 bridgehead atoms. The van der Waals surface area contributed by atoms with Gasteiger partial charge in [0.2, 0.25) is 0 Å². The molecule has 2 aromatic heterocycles. The molecule has 0 atom stereocenters. The number of amides is 1. The molecule has 3 rings (SSSR count). The number of hydrogen-bond donors (Lipinski definition) is 1. The minimum Gasteiger partial charge on any atom is -0.378 e. The van der Waals surface area contributed by atoms with Crippen molar-refractivity contribution in [1.29, 1.82) is 0 Å². The SMILES string of the molecule is CC(C)NC(=O)c1cc(-c2ccncc2)c(N2CCOCC2)s1. The van der Waals surface area contributed by atoms with E-state index in [1.807, 2.05) is 32.0 Å². The molecule has 1 aliphatic rings. The summed E-state index contributed by atoms with van der Waals surface area (Å²) in [4.78, 5) is 19.5. The molecule has 1 aliphatic heterocycles. The van der Waals surface area contributed by atoms with Gasteiger partial charge in [0.1, 0.15) is 0 Å². The first-order valence-corrected chi connectivity index (χ1v) is 8.64. The molecule has 1 amide bonds. The van der Waals surface area contributed by atoms with E-state index in [4.69, 9.17) is 4.74 Å².